The van der Waals surface area contributed by atoms with E-state index in [0.29, 0.717) is 37.3 Å². The molecule has 1 aromatic carbocycles. The number of nitrogens with one attached hydrogen (secondary N) is 1. The predicted molar refractivity (Wildman–Crippen MR) is 117 cm³/mol. The maximum Gasteiger partial charge on any atom is 0.422 e. The second-order valence-electron chi connectivity index (χ2n) is 8.39. The van der Waals surface area contributed by atoms with Gasteiger partial charge in [-0.15, -0.1) is 0 Å². The minimum Gasteiger partial charge on any atom is -0.491 e. The van der Waals surface area contributed by atoms with E-state index in [1.54, 1.807) is 12.1 Å². The van der Waals surface area contributed by atoms with E-state index in [4.69, 9.17) is 9.47 Å². The van der Waals surface area contributed by atoms with Gasteiger partial charge < -0.3 is 19.4 Å². The summed E-state index contributed by atoms with van der Waals surface area (Å²) in [6.07, 6.45) is -0.0574. The number of carbonyl (C=O) groups excluding carboxylic acids is 1. The molecule has 0 aliphatic carbocycles. The number of pyridine rings is 1. The van der Waals surface area contributed by atoms with Gasteiger partial charge in [0.2, 0.25) is 5.88 Å². The van der Waals surface area contributed by atoms with Crippen molar-refractivity contribution in [3.8, 4) is 22.9 Å². The number of aromatic nitrogens is 3. The minimum absolute atomic E-state index is 0.153. The molecule has 34 heavy (non-hydrogen) atoms. The van der Waals surface area contributed by atoms with Crippen molar-refractivity contribution in [3.63, 3.8) is 0 Å². The molecule has 1 atom stereocenters. The number of carbonyl (C=O) groups is 1. The molecule has 4 heterocycles. The van der Waals surface area contributed by atoms with Crippen LogP contribution in [0.25, 0.3) is 11.3 Å². The Morgan fingerprint density at radius 1 is 1.21 bits per heavy atom. The molecule has 2 aliphatic heterocycles. The third kappa shape index (κ3) is 4.57. The average Bonchev–Trinajstić information content (AvgIpc) is 3.22. The molecule has 1 amide bonds. The Hall–Kier alpha value is -3.56. The van der Waals surface area contributed by atoms with Crippen molar-refractivity contribution in [3.05, 3.63) is 59.7 Å². The van der Waals surface area contributed by atoms with Crippen molar-refractivity contribution < 1.29 is 27.4 Å². The topological polar surface area (TPSA) is 78.3 Å². The van der Waals surface area contributed by atoms with Crippen LogP contribution in [0.1, 0.15) is 34.7 Å². The molecule has 7 nitrogen and oxygen atoms in total. The molecule has 178 valence electrons. The van der Waals surface area contributed by atoms with Crippen LogP contribution in [0.4, 0.5) is 13.2 Å². The quantitative estimate of drug-likeness (QED) is 0.608. The molecule has 0 saturated carbocycles. The third-order valence-electron chi connectivity index (χ3n) is 5.91. The van der Waals surface area contributed by atoms with Crippen molar-refractivity contribution in [2.75, 3.05) is 13.2 Å². The number of ether oxygens (including phenoxy) is 2. The number of imidazole rings is 1. The summed E-state index contributed by atoms with van der Waals surface area (Å²) >= 11 is 0. The van der Waals surface area contributed by atoms with Gasteiger partial charge in [0, 0.05) is 19.2 Å². The molecule has 0 bridgehead atoms. The first-order chi connectivity index (χ1) is 16.4. The van der Waals surface area contributed by atoms with Gasteiger partial charge in [-0.3, -0.25) is 4.79 Å². The van der Waals surface area contributed by atoms with Crippen molar-refractivity contribution >= 4 is 5.91 Å². The summed E-state index contributed by atoms with van der Waals surface area (Å²) in [5.74, 6) is 0.933. The second-order valence-corrected chi connectivity index (χ2v) is 8.39. The van der Waals surface area contributed by atoms with Gasteiger partial charge in [0.05, 0.1) is 17.3 Å². The Balaban J connectivity index is 1.47. The molecule has 2 aromatic heterocycles. The lowest BCUT2D eigenvalue weighted by atomic mass is 10.0. The zero-order valence-electron chi connectivity index (χ0n) is 18.3. The number of para-hydroxylation sites is 1. The molecule has 3 aromatic rings. The molecule has 0 saturated heterocycles. The Morgan fingerprint density at radius 3 is 2.91 bits per heavy atom. The number of halogens is 3. The van der Waals surface area contributed by atoms with Gasteiger partial charge in [-0.25, -0.2) is 9.97 Å². The Labute approximate surface area is 193 Å². The summed E-state index contributed by atoms with van der Waals surface area (Å²) < 4.78 is 51.1. The number of hydrogen-bond acceptors (Lipinski definition) is 5. The van der Waals surface area contributed by atoms with Crippen molar-refractivity contribution in [1.29, 1.82) is 0 Å². The molecular weight excluding hydrogens is 449 g/mol. The molecule has 10 heteroatoms. The van der Waals surface area contributed by atoms with E-state index in [0.717, 1.165) is 30.0 Å². The highest BCUT2D eigenvalue weighted by molar-refractivity contribution is 5.99. The first kappa shape index (κ1) is 22.2. The molecule has 5 rings (SSSR count). The Kier molecular flexibility index (Phi) is 5.89. The smallest absolute Gasteiger partial charge is 0.422 e. The predicted octanol–water partition coefficient (Wildman–Crippen LogP) is 3.96. The van der Waals surface area contributed by atoms with E-state index >= 15 is 0 Å². The normalized spacial score (nSPS) is 17.3. The molecular formula is C24H23F3N4O3. The first-order valence-electron chi connectivity index (χ1n) is 11.1. The van der Waals surface area contributed by atoms with Gasteiger partial charge in [0.25, 0.3) is 5.91 Å². The van der Waals surface area contributed by atoms with Crippen LogP contribution >= 0.6 is 0 Å². The molecule has 2 aliphatic rings. The van der Waals surface area contributed by atoms with Crippen molar-refractivity contribution in [1.82, 2.24) is 19.9 Å². The summed E-state index contributed by atoms with van der Waals surface area (Å²) in [5, 5.41) is 2.99. The summed E-state index contributed by atoms with van der Waals surface area (Å²) in [6, 6.07) is 10.6. The van der Waals surface area contributed by atoms with Crippen LogP contribution in [0.5, 0.6) is 11.6 Å². The monoisotopic (exact) mass is 472 g/mol. The van der Waals surface area contributed by atoms with Gasteiger partial charge >= 0.3 is 6.18 Å². The fraction of sp³-hybridized carbons (Fsp3) is 0.375. The van der Waals surface area contributed by atoms with Gasteiger partial charge in [-0.05, 0) is 43.0 Å². The van der Waals surface area contributed by atoms with Crippen LogP contribution in [0.3, 0.4) is 0 Å². The van der Waals surface area contributed by atoms with Gasteiger partial charge in [-0.1, -0.05) is 18.2 Å². The number of benzene rings is 1. The van der Waals surface area contributed by atoms with Crippen molar-refractivity contribution in [2.24, 2.45) is 0 Å². The molecule has 0 radical (unpaired) electrons. The number of fused-ring (bicyclic) bond motifs is 2. The van der Waals surface area contributed by atoms with Gasteiger partial charge in [-0.2, -0.15) is 13.2 Å². The zero-order valence-corrected chi connectivity index (χ0v) is 18.3. The third-order valence-corrected chi connectivity index (χ3v) is 5.91. The molecule has 0 unspecified atom stereocenters. The standard InChI is InChI=1S/C24H23F3N4O3/c25-24(26,27)14-34-23-17(7-5-10-28-23)21-20(30-19-9-3-4-11-31(19)21)22(32)29-16-12-15-6-1-2-8-18(15)33-13-16/h1-2,5-8,10,16H,3-4,9,11-14H2,(H,29,32)/t16-/m1/s1. The Bertz CT molecular complexity index is 1210. The van der Waals surface area contributed by atoms with Crippen LogP contribution in [-0.4, -0.2) is 45.9 Å². The van der Waals surface area contributed by atoms with E-state index < -0.39 is 18.7 Å². The average molecular weight is 472 g/mol. The van der Waals surface area contributed by atoms with Crippen LogP contribution < -0.4 is 14.8 Å². The van der Waals surface area contributed by atoms with E-state index in [-0.39, 0.29) is 17.6 Å². The number of nitrogens with zero attached hydrogens (tertiary/aromatic N) is 3. The number of hydrogen-bond donors (Lipinski definition) is 1. The number of aryl methyl sites for hydroxylation is 1. The van der Waals surface area contributed by atoms with Crippen LogP contribution in [0.2, 0.25) is 0 Å². The zero-order chi connectivity index (χ0) is 23.7. The molecule has 1 N–H and O–H groups in total. The van der Waals surface area contributed by atoms with E-state index in [1.165, 1.54) is 6.20 Å². The summed E-state index contributed by atoms with van der Waals surface area (Å²) in [7, 11) is 0. The highest BCUT2D eigenvalue weighted by atomic mass is 19.4. The van der Waals surface area contributed by atoms with Crippen LogP contribution in [0, 0.1) is 0 Å². The van der Waals surface area contributed by atoms with E-state index in [2.05, 4.69) is 15.3 Å². The van der Waals surface area contributed by atoms with Gasteiger partial charge in [0.1, 0.15) is 18.2 Å². The highest BCUT2D eigenvalue weighted by Crippen LogP contribution is 2.35. The minimum atomic E-state index is -4.51. The number of rotatable bonds is 5. The largest absolute Gasteiger partial charge is 0.491 e. The summed E-state index contributed by atoms with van der Waals surface area (Å²) in [5.41, 5.74) is 1.89. The SMILES string of the molecule is O=C(N[C@H]1COc2ccccc2C1)c1nc2n(c1-c1cccnc1OCC(F)(F)F)CCCC2. The maximum atomic E-state index is 13.4. The summed E-state index contributed by atoms with van der Waals surface area (Å²) in [4.78, 5) is 22.0. The highest BCUT2D eigenvalue weighted by Gasteiger charge is 2.32. The fourth-order valence-corrected chi connectivity index (χ4v) is 4.43. The van der Waals surface area contributed by atoms with Crippen LogP contribution in [0.15, 0.2) is 42.6 Å². The Morgan fingerprint density at radius 2 is 2.06 bits per heavy atom. The number of amides is 1. The lowest BCUT2D eigenvalue weighted by Gasteiger charge is -2.26. The number of alkyl halides is 3. The van der Waals surface area contributed by atoms with E-state index in [9.17, 15) is 18.0 Å². The first-order valence-corrected chi connectivity index (χ1v) is 11.1. The molecule has 0 spiro atoms. The van der Waals surface area contributed by atoms with Crippen LogP contribution in [-0.2, 0) is 19.4 Å². The lowest BCUT2D eigenvalue weighted by Crippen LogP contribution is -2.43. The lowest BCUT2D eigenvalue weighted by molar-refractivity contribution is -0.154. The second kappa shape index (κ2) is 9.00. The van der Waals surface area contributed by atoms with Gasteiger partial charge in [0.15, 0.2) is 12.3 Å². The summed E-state index contributed by atoms with van der Waals surface area (Å²) in [6.45, 7) is -0.546. The molecule has 0 fully saturated rings. The van der Waals surface area contributed by atoms with E-state index in [1.807, 2.05) is 28.8 Å². The maximum absolute atomic E-state index is 13.4. The van der Waals surface area contributed by atoms with Crippen molar-refractivity contribution in [2.45, 2.75) is 44.4 Å². The fourth-order valence-electron chi connectivity index (χ4n) is 4.43.